The molecular weight excluding hydrogens is 314 g/mol. The smallest absolute Gasteiger partial charge is 0.335 e. The summed E-state index contributed by atoms with van der Waals surface area (Å²) in [6.45, 7) is 8.05. The van der Waals surface area contributed by atoms with Crippen molar-refractivity contribution in [2.24, 2.45) is 0 Å². The normalized spacial score (nSPS) is 10.6. The number of aryl methyl sites for hydroxylation is 1. The van der Waals surface area contributed by atoms with Crippen LogP contribution in [-0.2, 0) is 16.1 Å². The van der Waals surface area contributed by atoms with Gasteiger partial charge in [-0.1, -0.05) is 24.8 Å². The second-order valence-electron chi connectivity index (χ2n) is 5.83. The number of carbonyl (C=O) groups is 1. The molecular formula is C21H21NO3. The Morgan fingerprint density at radius 1 is 1.12 bits per heavy atom. The van der Waals surface area contributed by atoms with Crippen LogP contribution >= 0.6 is 0 Å². The second-order valence-corrected chi connectivity index (χ2v) is 5.83. The molecule has 0 aliphatic heterocycles. The SMILES string of the molecule is C=C(C)C(=O)OCOc1ccc(-c2cc3ccccc3n2CC)cc1. The third-order valence-electron chi connectivity index (χ3n) is 4.04. The number of carbonyl (C=O) groups excluding carboxylic acids is 1. The van der Waals surface area contributed by atoms with E-state index in [1.54, 1.807) is 6.92 Å². The molecule has 0 bridgehead atoms. The molecule has 3 aromatic rings. The maximum Gasteiger partial charge on any atom is 0.335 e. The Labute approximate surface area is 147 Å². The molecule has 2 aromatic carbocycles. The predicted molar refractivity (Wildman–Crippen MR) is 99.4 cm³/mol. The van der Waals surface area contributed by atoms with Gasteiger partial charge in [-0.3, -0.25) is 0 Å². The summed E-state index contributed by atoms with van der Waals surface area (Å²) in [7, 11) is 0. The molecule has 4 heteroatoms. The van der Waals surface area contributed by atoms with Gasteiger partial charge in [-0.15, -0.1) is 0 Å². The highest BCUT2D eigenvalue weighted by molar-refractivity contribution is 5.87. The summed E-state index contributed by atoms with van der Waals surface area (Å²) in [5, 5.41) is 1.23. The maximum atomic E-state index is 11.3. The molecule has 0 unspecified atom stereocenters. The van der Waals surface area contributed by atoms with E-state index in [9.17, 15) is 4.79 Å². The van der Waals surface area contributed by atoms with E-state index in [0.29, 0.717) is 11.3 Å². The third-order valence-corrected chi connectivity index (χ3v) is 4.04. The first-order valence-corrected chi connectivity index (χ1v) is 8.24. The maximum absolute atomic E-state index is 11.3. The lowest BCUT2D eigenvalue weighted by Gasteiger charge is -2.10. The van der Waals surface area contributed by atoms with E-state index >= 15 is 0 Å². The summed E-state index contributed by atoms with van der Waals surface area (Å²) in [6, 6.07) is 18.3. The Morgan fingerprint density at radius 2 is 1.84 bits per heavy atom. The molecule has 0 spiro atoms. The van der Waals surface area contributed by atoms with Gasteiger partial charge in [0.05, 0.1) is 0 Å². The van der Waals surface area contributed by atoms with Crippen molar-refractivity contribution in [1.82, 2.24) is 4.57 Å². The van der Waals surface area contributed by atoms with Crippen LogP contribution in [0, 0.1) is 0 Å². The van der Waals surface area contributed by atoms with E-state index in [4.69, 9.17) is 9.47 Å². The number of hydrogen-bond donors (Lipinski definition) is 0. The van der Waals surface area contributed by atoms with E-state index in [-0.39, 0.29) is 6.79 Å². The zero-order valence-electron chi connectivity index (χ0n) is 14.5. The Kier molecular flexibility index (Phi) is 4.89. The zero-order valence-corrected chi connectivity index (χ0v) is 14.5. The fraction of sp³-hybridized carbons (Fsp3) is 0.190. The number of rotatable bonds is 6. The van der Waals surface area contributed by atoms with Crippen molar-refractivity contribution in [3.8, 4) is 17.0 Å². The number of para-hydroxylation sites is 1. The minimum Gasteiger partial charge on any atom is -0.457 e. The fourth-order valence-corrected chi connectivity index (χ4v) is 2.79. The molecule has 0 saturated heterocycles. The van der Waals surface area contributed by atoms with Gasteiger partial charge in [-0.25, -0.2) is 4.79 Å². The van der Waals surface area contributed by atoms with E-state index in [1.165, 1.54) is 16.6 Å². The molecule has 25 heavy (non-hydrogen) atoms. The number of nitrogens with zero attached hydrogens (tertiary/aromatic N) is 1. The fourth-order valence-electron chi connectivity index (χ4n) is 2.79. The summed E-state index contributed by atoms with van der Waals surface area (Å²) in [5.74, 6) is 0.196. The van der Waals surface area contributed by atoms with Gasteiger partial charge in [0.2, 0.25) is 6.79 Å². The van der Waals surface area contributed by atoms with Crippen LogP contribution in [0.2, 0.25) is 0 Å². The number of benzene rings is 2. The van der Waals surface area contributed by atoms with Gasteiger partial charge in [0.15, 0.2) is 0 Å². The topological polar surface area (TPSA) is 40.5 Å². The standard InChI is InChI=1S/C21H21NO3/c1-4-22-19-8-6-5-7-17(19)13-20(22)16-9-11-18(12-10-16)24-14-25-21(23)15(2)3/h5-13H,2,4,14H2,1,3H3. The van der Waals surface area contributed by atoms with Crippen LogP contribution in [0.25, 0.3) is 22.2 Å². The molecule has 4 nitrogen and oxygen atoms in total. The number of esters is 1. The Morgan fingerprint density at radius 3 is 2.52 bits per heavy atom. The summed E-state index contributed by atoms with van der Waals surface area (Å²) >= 11 is 0. The average molecular weight is 335 g/mol. The molecule has 0 atom stereocenters. The lowest BCUT2D eigenvalue weighted by molar-refractivity contribution is -0.145. The number of aromatic nitrogens is 1. The Balaban J connectivity index is 1.76. The minimum atomic E-state index is -0.455. The quantitative estimate of drug-likeness (QED) is 0.370. The van der Waals surface area contributed by atoms with E-state index < -0.39 is 5.97 Å². The minimum absolute atomic E-state index is 0.125. The van der Waals surface area contributed by atoms with Gasteiger partial charge in [0.25, 0.3) is 0 Å². The Bertz CT molecular complexity index is 907. The molecule has 0 aliphatic carbocycles. The van der Waals surface area contributed by atoms with Gasteiger partial charge in [-0.2, -0.15) is 0 Å². The van der Waals surface area contributed by atoms with E-state index in [2.05, 4.69) is 48.4 Å². The predicted octanol–water partition coefficient (Wildman–Crippen LogP) is 4.78. The van der Waals surface area contributed by atoms with Gasteiger partial charge in [0, 0.05) is 28.7 Å². The van der Waals surface area contributed by atoms with Crippen LogP contribution in [0.5, 0.6) is 5.75 Å². The molecule has 3 rings (SSSR count). The molecule has 1 heterocycles. The van der Waals surface area contributed by atoms with E-state index in [0.717, 1.165) is 12.1 Å². The first kappa shape index (κ1) is 16.8. The number of hydrogen-bond acceptors (Lipinski definition) is 3. The Hall–Kier alpha value is -3.01. The highest BCUT2D eigenvalue weighted by Gasteiger charge is 2.09. The summed E-state index contributed by atoms with van der Waals surface area (Å²) < 4.78 is 12.7. The highest BCUT2D eigenvalue weighted by atomic mass is 16.7. The lowest BCUT2D eigenvalue weighted by Crippen LogP contribution is -2.10. The molecule has 0 radical (unpaired) electrons. The van der Waals surface area contributed by atoms with Crippen LogP contribution in [0.3, 0.4) is 0 Å². The molecule has 0 N–H and O–H groups in total. The molecule has 0 aliphatic rings. The van der Waals surface area contributed by atoms with Crippen molar-refractivity contribution >= 4 is 16.9 Å². The van der Waals surface area contributed by atoms with Gasteiger partial charge in [0.1, 0.15) is 5.75 Å². The van der Waals surface area contributed by atoms with Crippen molar-refractivity contribution in [3.05, 3.63) is 66.7 Å². The van der Waals surface area contributed by atoms with Crippen molar-refractivity contribution in [2.75, 3.05) is 6.79 Å². The largest absolute Gasteiger partial charge is 0.457 e. The zero-order chi connectivity index (χ0) is 17.8. The van der Waals surface area contributed by atoms with Crippen LogP contribution in [-0.4, -0.2) is 17.3 Å². The van der Waals surface area contributed by atoms with Crippen molar-refractivity contribution in [2.45, 2.75) is 20.4 Å². The van der Waals surface area contributed by atoms with Crippen molar-refractivity contribution in [3.63, 3.8) is 0 Å². The molecule has 1 aromatic heterocycles. The summed E-state index contributed by atoms with van der Waals surface area (Å²) in [5.41, 5.74) is 3.87. The van der Waals surface area contributed by atoms with Crippen LogP contribution < -0.4 is 4.74 Å². The number of fused-ring (bicyclic) bond motifs is 1. The summed E-state index contributed by atoms with van der Waals surface area (Å²) in [4.78, 5) is 11.3. The van der Waals surface area contributed by atoms with Crippen LogP contribution in [0.4, 0.5) is 0 Å². The summed E-state index contributed by atoms with van der Waals surface area (Å²) in [6.07, 6.45) is 0. The monoisotopic (exact) mass is 335 g/mol. The first-order chi connectivity index (χ1) is 12.1. The van der Waals surface area contributed by atoms with Crippen molar-refractivity contribution in [1.29, 1.82) is 0 Å². The molecule has 0 saturated carbocycles. The number of ether oxygens (including phenoxy) is 2. The molecule has 128 valence electrons. The van der Waals surface area contributed by atoms with E-state index in [1.807, 2.05) is 24.3 Å². The van der Waals surface area contributed by atoms with Crippen LogP contribution in [0.15, 0.2) is 66.7 Å². The van der Waals surface area contributed by atoms with Gasteiger partial charge < -0.3 is 14.0 Å². The van der Waals surface area contributed by atoms with Gasteiger partial charge in [-0.05, 0) is 55.8 Å². The van der Waals surface area contributed by atoms with Crippen molar-refractivity contribution < 1.29 is 14.3 Å². The molecule has 0 amide bonds. The third kappa shape index (κ3) is 3.58. The van der Waals surface area contributed by atoms with Crippen LogP contribution in [0.1, 0.15) is 13.8 Å². The average Bonchev–Trinajstić information content (AvgIpc) is 3.00. The highest BCUT2D eigenvalue weighted by Crippen LogP contribution is 2.29. The first-order valence-electron chi connectivity index (χ1n) is 8.24. The second kappa shape index (κ2) is 7.26. The molecule has 0 fully saturated rings. The lowest BCUT2D eigenvalue weighted by atomic mass is 10.1. The van der Waals surface area contributed by atoms with Gasteiger partial charge >= 0.3 is 5.97 Å².